The first-order valence-corrected chi connectivity index (χ1v) is 10.8. The molecule has 9 heteroatoms. The van der Waals surface area contributed by atoms with Crippen LogP contribution < -0.4 is 5.32 Å². The lowest BCUT2D eigenvalue weighted by Gasteiger charge is -2.37. The molecule has 1 aliphatic rings. The summed E-state index contributed by atoms with van der Waals surface area (Å²) in [7, 11) is -2.82. The second-order valence-corrected chi connectivity index (χ2v) is 9.19. The standard InChI is InChI=1S/C21H23FN2O5S/c1-13(16-10-5-6-11-17(16)22)23-20-24-30(26,27)18(21(2,3)29-20)14-8-7-9-15(12-14)19(25)28-4/h5-13,18H,1-4H3,(H,23,24)/t13-,18?/m0/s1. The van der Waals surface area contributed by atoms with Crippen LogP contribution in [-0.2, 0) is 19.5 Å². The molecule has 0 radical (unpaired) electrons. The summed E-state index contributed by atoms with van der Waals surface area (Å²) in [6.45, 7) is 4.91. The average molecular weight is 434 g/mol. The van der Waals surface area contributed by atoms with Crippen LogP contribution in [0.3, 0.4) is 0 Å². The summed E-state index contributed by atoms with van der Waals surface area (Å²) < 4.78 is 54.5. The molecule has 0 aliphatic carbocycles. The monoisotopic (exact) mass is 434 g/mol. The van der Waals surface area contributed by atoms with E-state index in [1.165, 1.54) is 25.3 Å². The van der Waals surface area contributed by atoms with E-state index in [9.17, 15) is 17.6 Å². The molecular formula is C21H23FN2O5S. The van der Waals surface area contributed by atoms with Crippen molar-refractivity contribution in [1.82, 2.24) is 5.32 Å². The number of methoxy groups -OCH3 is 1. The Morgan fingerprint density at radius 3 is 2.57 bits per heavy atom. The molecule has 0 saturated heterocycles. The van der Waals surface area contributed by atoms with E-state index in [2.05, 4.69) is 9.71 Å². The number of hydrogen-bond acceptors (Lipinski definition) is 6. The molecule has 160 valence electrons. The minimum absolute atomic E-state index is 0.212. The third kappa shape index (κ3) is 4.30. The molecule has 30 heavy (non-hydrogen) atoms. The van der Waals surface area contributed by atoms with Crippen molar-refractivity contribution in [2.75, 3.05) is 7.11 Å². The Hall–Kier alpha value is -2.94. The first kappa shape index (κ1) is 21.8. The van der Waals surface area contributed by atoms with Gasteiger partial charge in [-0.25, -0.2) is 17.6 Å². The topological polar surface area (TPSA) is 94.1 Å². The molecule has 2 aromatic carbocycles. The average Bonchev–Trinajstić information content (AvgIpc) is 2.65. The highest BCUT2D eigenvalue weighted by molar-refractivity contribution is 7.90. The zero-order valence-electron chi connectivity index (χ0n) is 17.0. The summed E-state index contributed by atoms with van der Waals surface area (Å²) in [5.74, 6) is -0.998. The lowest BCUT2D eigenvalue weighted by atomic mass is 9.96. The van der Waals surface area contributed by atoms with Gasteiger partial charge in [-0.2, -0.15) is 0 Å². The zero-order chi connectivity index (χ0) is 22.1. The number of sulfonamides is 1. The van der Waals surface area contributed by atoms with Crippen LogP contribution in [0.15, 0.2) is 52.9 Å². The molecule has 0 bridgehead atoms. The Balaban J connectivity index is 1.94. The fourth-order valence-corrected chi connectivity index (χ4v) is 5.20. The van der Waals surface area contributed by atoms with Gasteiger partial charge in [-0.1, -0.05) is 30.3 Å². The van der Waals surface area contributed by atoms with Crippen LogP contribution in [-0.4, -0.2) is 33.1 Å². The number of benzene rings is 2. The smallest absolute Gasteiger partial charge is 0.337 e. The molecule has 0 saturated carbocycles. The summed E-state index contributed by atoms with van der Waals surface area (Å²) in [5.41, 5.74) is -0.283. The molecule has 0 spiro atoms. The van der Waals surface area contributed by atoms with E-state index < -0.39 is 38.7 Å². The number of esters is 1. The Bertz CT molecular complexity index is 1100. The van der Waals surface area contributed by atoms with Crippen LogP contribution >= 0.6 is 0 Å². The predicted octanol–water partition coefficient (Wildman–Crippen LogP) is 3.50. The molecule has 7 nitrogen and oxygen atoms in total. The highest BCUT2D eigenvalue weighted by Gasteiger charge is 2.47. The molecule has 0 fully saturated rings. The fraction of sp³-hybridized carbons (Fsp3) is 0.333. The molecule has 3 rings (SSSR count). The van der Waals surface area contributed by atoms with Crippen LogP contribution in [0.2, 0.25) is 0 Å². The van der Waals surface area contributed by atoms with Crippen LogP contribution in [0.1, 0.15) is 53.5 Å². The molecule has 0 aromatic heterocycles. The Morgan fingerprint density at radius 2 is 1.93 bits per heavy atom. The molecule has 1 N–H and O–H groups in total. The van der Waals surface area contributed by atoms with E-state index in [4.69, 9.17) is 9.47 Å². The largest absolute Gasteiger partial charge is 0.465 e. The number of carbonyl (C=O) groups excluding carboxylic acids is 1. The van der Waals surface area contributed by atoms with Crippen molar-refractivity contribution >= 4 is 22.0 Å². The molecule has 1 aliphatic heterocycles. The quantitative estimate of drug-likeness (QED) is 0.741. The summed E-state index contributed by atoms with van der Waals surface area (Å²) in [4.78, 5) is 11.8. The maximum absolute atomic E-state index is 14.0. The van der Waals surface area contributed by atoms with Gasteiger partial charge in [0.15, 0.2) is 0 Å². The summed E-state index contributed by atoms with van der Waals surface area (Å²) in [6.07, 6.45) is 0. The van der Waals surface area contributed by atoms with Crippen LogP contribution in [0.25, 0.3) is 0 Å². The number of halogens is 1. The van der Waals surface area contributed by atoms with Gasteiger partial charge in [0, 0.05) is 5.56 Å². The van der Waals surface area contributed by atoms with Crippen molar-refractivity contribution in [3.63, 3.8) is 0 Å². The van der Waals surface area contributed by atoms with Crippen molar-refractivity contribution in [1.29, 1.82) is 0 Å². The maximum atomic E-state index is 14.0. The molecule has 1 heterocycles. The third-order valence-electron chi connectivity index (χ3n) is 4.82. The molecule has 2 aromatic rings. The normalized spacial score (nSPS) is 20.4. The second-order valence-electron chi connectivity index (χ2n) is 7.50. The summed E-state index contributed by atoms with van der Waals surface area (Å²) >= 11 is 0. The van der Waals surface area contributed by atoms with Crippen LogP contribution in [0.4, 0.5) is 4.39 Å². The van der Waals surface area contributed by atoms with Gasteiger partial charge in [0.2, 0.25) is 0 Å². The van der Waals surface area contributed by atoms with Crippen LogP contribution in [0.5, 0.6) is 0 Å². The number of carbonyl (C=O) groups is 1. The lowest BCUT2D eigenvalue weighted by molar-refractivity contribution is 0.0598. The third-order valence-corrected chi connectivity index (χ3v) is 6.68. The van der Waals surface area contributed by atoms with Crippen molar-refractivity contribution in [3.8, 4) is 0 Å². The molecule has 1 unspecified atom stereocenters. The van der Waals surface area contributed by atoms with E-state index in [0.717, 1.165) is 0 Å². The van der Waals surface area contributed by atoms with Gasteiger partial charge in [0.05, 0.1) is 18.7 Å². The maximum Gasteiger partial charge on any atom is 0.337 e. The van der Waals surface area contributed by atoms with Gasteiger partial charge in [0.1, 0.15) is 16.7 Å². The molecule has 0 amide bonds. The number of hydrogen-bond donors (Lipinski definition) is 1. The van der Waals surface area contributed by atoms with E-state index in [0.29, 0.717) is 11.1 Å². The first-order valence-electron chi connectivity index (χ1n) is 9.27. The minimum Gasteiger partial charge on any atom is -0.465 e. The van der Waals surface area contributed by atoms with Crippen LogP contribution in [0, 0.1) is 5.82 Å². The van der Waals surface area contributed by atoms with E-state index in [1.54, 1.807) is 51.1 Å². The molecular weight excluding hydrogens is 411 g/mol. The first-order chi connectivity index (χ1) is 14.0. The number of amidine groups is 1. The zero-order valence-corrected chi connectivity index (χ0v) is 17.9. The van der Waals surface area contributed by atoms with Gasteiger partial charge in [-0.3, -0.25) is 0 Å². The Labute approximate surface area is 175 Å². The minimum atomic E-state index is -4.07. The SMILES string of the molecule is COC(=O)c1cccc(C2C(C)(C)OC(N[C@@H](C)c3ccccc3F)=NS2(=O)=O)c1. The fourth-order valence-electron chi connectivity index (χ4n) is 3.51. The second kappa shape index (κ2) is 8.06. The van der Waals surface area contributed by atoms with Crippen molar-refractivity contribution < 1.29 is 27.1 Å². The Kier molecular flexibility index (Phi) is 5.85. The highest BCUT2D eigenvalue weighted by Crippen LogP contribution is 2.40. The van der Waals surface area contributed by atoms with Gasteiger partial charge in [0.25, 0.3) is 10.0 Å². The highest BCUT2D eigenvalue weighted by atomic mass is 32.2. The van der Waals surface area contributed by atoms with Crippen molar-refractivity contribution in [3.05, 3.63) is 71.0 Å². The number of ether oxygens (including phenoxy) is 2. The van der Waals surface area contributed by atoms with E-state index in [1.807, 2.05) is 0 Å². The number of rotatable bonds is 4. The van der Waals surface area contributed by atoms with Crippen molar-refractivity contribution in [2.24, 2.45) is 4.40 Å². The number of nitrogens with zero attached hydrogens (tertiary/aromatic N) is 1. The van der Waals surface area contributed by atoms with E-state index in [-0.39, 0.29) is 11.6 Å². The number of nitrogens with one attached hydrogen (secondary N) is 1. The lowest BCUT2D eigenvalue weighted by Crippen LogP contribution is -2.47. The Morgan fingerprint density at radius 1 is 1.23 bits per heavy atom. The summed E-state index contributed by atoms with van der Waals surface area (Å²) in [6, 6.07) is 11.5. The van der Waals surface area contributed by atoms with Gasteiger partial charge < -0.3 is 14.8 Å². The van der Waals surface area contributed by atoms with Crippen molar-refractivity contribution in [2.45, 2.75) is 37.7 Å². The molecule has 2 atom stereocenters. The van der Waals surface area contributed by atoms with E-state index >= 15 is 0 Å². The predicted molar refractivity (Wildman–Crippen MR) is 110 cm³/mol. The van der Waals surface area contributed by atoms with Gasteiger partial charge in [-0.05, 0) is 44.5 Å². The van der Waals surface area contributed by atoms with Gasteiger partial charge >= 0.3 is 12.0 Å². The van der Waals surface area contributed by atoms with Gasteiger partial charge in [-0.15, -0.1) is 4.40 Å². The summed E-state index contributed by atoms with van der Waals surface area (Å²) in [5, 5.41) is 1.68.